The van der Waals surface area contributed by atoms with Crippen LogP contribution in [-0.4, -0.2) is 24.7 Å². The maximum absolute atomic E-state index is 14.1. The fourth-order valence-corrected chi connectivity index (χ4v) is 2.62. The summed E-state index contributed by atoms with van der Waals surface area (Å²) < 4.78 is 62.3. The molecule has 4 nitrogen and oxygen atoms in total. The fraction of sp³-hybridized carbons (Fsp3) is 0.316. The van der Waals surface area contributed by atoms with Gasteiger partial charge in [-0.2, -0.15) is 13.2 Å². The number of nitrogens with zero attached hydrogens (tertiary/aromatic N) is 1. The zero-order chi connectivity index (χ0) is 22.1. The minimum atomic E-state index is -4.41. The number of alkyl halides is 3. The van der Waals surface area contributed by atoms with E-state index < -0.39 is 17.6 Å². The largest absolute Gasteiger partial charge is 0.489 e. The Labute approximate surface area is 185 Å². The molecule has 0 aliphatic heterocycles. The van der Waals surface area contributed by atoms with Gasteiger partial charge in [-0.05, 0) is 31.2 Å². The second-order valence-corrected chi connectivity index (χ2v) is 7.35. The van der Waals surface area contributed by atoms with Gasteiger partial charge in [0.15, 0.2) is 11.6 Å². The molecule has 0 amide bonds. The van der Waals surface area contributed by atoms with Crippen LogP contribution in [-0.2, 0) is 12.7 Å². The lowest BCUT2D eigenvalue weighted by Gasteiger charge is -2.12. The molecule has 1 heterocycles. The number of pyridine rings is 1. The van der Waals surface area contributed by atoms with Gasteiger partial charge in [0.1, 0.15) is 16.8 Å². The smallest absolute Gasteiger partial charge is 0.417 e. The summed E-state index contributed by atoms with van der Waals surface area (Å²) in [6, 6.07) is 4.82. The Hall–Kier alpha value is -1.74. The first-order valence-corrected chi connectivity index (χ1v) is 9.79. The van der Waals surface area contributed by atoms with Crippen LogP contribution in [0, 0.1) is 5.82 Å². The van der Waals surface area contributed by atoms with Gasteiger partial charge in [-0.25, -0.2) is 4.39 Å². The van der Waals surface area contributed by atoms with Crippen molar-refractivity contribution in [2.24, 2.45) is 0 Å². The lowest BCUT2D eigenvalue weighted by molar-refractivity contribution is -0.137. The van der Waals surface area contributed by atoms with Crippen LogP contribution >= 0.6 is 34.8 Å². The third kappa shape index (κ3) is 8.18. The van der Waals surface area contributed by atoms with E-state index in [-0.39, 0.29) is 34.2 Å². The summed E-state index contributed by atoms with van der Waals surface area (Å²) in [4.78, 5) is 3.76. The maximum Gasteiger partial charge on any atom is 0.417 e. The van der Waals surface area contributed by atoms with E-state index in [0.717, 1.165) is 18.3 Å². The molecule has 164 valence electrons. The summed E-state index contributed by atoms with van der Waals surface area (Å²) in [6.45, 7) is 1.00. The first-order chi connectivity index (χ1) is 14.2. The Morgan fingerprint density at radius 2 is 1.93 bits per heavy atom. The standard InChI is InChI=1S/C19H17Cl3F4N2O2/c20-15-8-14(29-7-4-17(21)22)9-16(23)18(15)30-6-1-5-27-11-13-3-2-12(10-28-13)19(24,25)26/h2-4,8-10,27H,1,5-7,11H2. The minimum Gasteiger partial charge on any atom is -0.489 e. The molecule has 0 aliphatic carbocycles. The summed E-state index contributed by atoms with van der Waals surface area (Å²) >= 11 is 16.9. The quantitative estimate of drug-likeness (QED) is 0.322. The van der Waals surface area contributed by atoms with Crippen molar-refractivity contribution in [1.29, 1.82) is 0 Å². The molecule has 1 N–H and O–H groups in total. The number of halogens is 7. The van der Waals surface area contributed by atoms with Crippen molar-refractivity contribution in [3.63, 3.8) is 0 Å². The highest BCUT2D eigenvalue weighted by atomic mass is 35.5. The summed E-state index contributed by atoms with van der Waals surface area (Å²) in [5.41, 5.74) is -0.326. The molecule has 0 atom stereocenters. The van der Waals surface area contributed by atoms with E-state index in [4.69, 9.17) is 44.3 Å². The van der Waals surface area contributed by atoms with Crippen LogP contribution in [0.3, 0.4) is 0 Å². The van der Waals surface area contributed by atoms with Crippen molar-refractivity contribution in [3.8, 4) is 11.5 Å². The van der Waals surface area contributed by atoms with Crippen molar-refractivity contribution < 1.29 is 27.0 Å². The van der Waals surface area contributed by atoms with E-state index in [0.29, 0.717) is 25.2 Å². The normalized spacial score (nSPS) is 11.3. The topological polar surface area (TPSA) is 43.4 Å². The van der Waals surface area contributed by atoms with Crippen LogP contribution in [0.1, 0.15) is 17.7 Å². The third-order valence-electron chi connectivity index (χ3n) is 3.66. The minimum absolute atomic E-state index is 0.0317. The maximum atomic E-state index is 14.1. The summed E-state index contributed by atoms with van der Waals surface area (Å²) in [5.74, 6) is -0.582. The van der Waals surface area contributed by atoms with E-state index in [9.17, 15) is 17.6 Å². The first kappa shape index (κ1) is 24.5. The van der Waals surface area contributed by atoms with Crippen molar-refractivity contribution >= 4 is 34.8 Å². The SMILES string of the molecule is Fc1cc(OCC=C(Cl)Cl)cc(Cl)c1OCCCNCc1ccc(C(F)(F)F)cn1. The molecule has 0 bridgehead atoms. The number of ether oxygens (including phenoxy) is 2. The van der Waals surface area contributed by atoms with E-state index >= 15 is 0 Å². The number of benzene rings is 1. The number of hydrogen-bond donors (Lipinski definition) is 1. The van der Waals surface area contributed by atoms with Crippen LogP contribution in [0.25, 0.3) is 0 Å². The van der Waals surface area contributed by atoms with Crippen LogP contribution in [0.4, 0.5) is 17.6 Å². The highest BCUT2D eigenvalue weighted by Gasteiger charge is 2.30. The highest BCUT2D eigenvalue weighted by Crippen LogP contribution is 2.32. The molecule has 0 saturated heterocycles. The Kier molecular flexibility index (Phi) is 9.48. The predicted octanol–water partition coefficient (Wildman–Crippen LogP) is 6.15. The Morgan fingerprint density at radius 3 is 2.53 bits per heavy atom. The molecule has 30 heavy (non-hydrogen) atoms. The molecule has 11 heteroatoms. The number of nitrogens with one attached hydrogen (secondary N) is 1. The van der Waals surface area contributed by atoms with Gasteiger partial charge in [0.25, 0.3) is 0 Å². The van der Waals surface area contributed by atoms with Gasteiger partial charge in [0, 0.05) is 24.9 Å². The van der Waals surface area contributed by atoms with Crippen LogP contribution < -0.4 is 14.8 Å². The molecule has 2 rings (SSSR count). The average Bonchev–Trinajstić information content (AvgIpc) is 2.65. The number of hydrogen-bond acceptors (Lipinski definition) is 4. The van der Waals surface area contributed by atoms with E-state index in [2.05, 4.69) is 10.3 Å². The van der Waals surface area contributed by atoms with Crippen LogP contribution in [0.5, 0.6) is 11.5 Å². The third-order valence-corrected chi connectivity index (χ3v) is 4.25. The zero-order valence-corrected chi connectivity index (χ0v) is 17.7. The highest BCUT2D eigenvalue weighted by molar-refractivity contribution is 6.55. The first-order valence-electron chi connectivity index (χ1n) is 8.65. The van der Waals surface area contributed by atoms with Crippen LogP contribution in [0.2, 0.25) is 5.02 Å². The molecule has 2 aromatic rings. The molecular weight excluding hydrogens is 471 g/mol. The van der Waals surface area contributed by atoms with Gasteiger partial charge in [-0.15, -0.1) is 0 Å². The van der Waals surface area contributed by atoms with Gasteiger partial charge in [0.05, 0.1) is 22.9 Å². The monoisotopic (exact) mass is 486 g/mol. The lowest BCUT2D eigenvalue weighted by Crippen LogP contribution is -2.18. The Morgan fingerprint density at radius 1 is 1.17 bits per heavy atom. The van der Waals surface area contributed by atoms with E-state index in [1.54, 1.807) is 0 Å². The van der Waals surface area contributed by atoms with Crippen molar-refractivity contribution in [2.75, 3.05) is 19.8 Å². The van der Waals surface area contributed by atoms with Crippen molar-refractivity contribution in [1.82, 2.24) is 10.3 Å². The van der Waals surface area contributed by atoms with Gasteiger partial charge in [-0.3, -0.25) is 4.98 Å². The molecule has 0 aliphatic rings. The predicted molar refractivity (Wildman–Crippen MR) is 108 cm³/mol. The zero-order valence-electron chi connectivity index (χ0n) is 15.4. The second kappa shape index (κ2) is 11.6. The lowest BCUT2D eigenvalue weighted by atomic mass is 10.2. The molecule has 0 saturated carbocycles. The molecule has 0 spiro atoms. The number of aromatic nitrogens is 1. The summed E-state index contributed by atoms with van der Waals surface area (Å²) in [5, 5.41) is 3.07. The Balaban J connectivity index is 1.73. The molecule has 0 radical (unpaired) electrons. The van der Waals surface area contributed by atoms with Gasteiger partial charge in [0.2, 0.25) is 0 Å². The van der Waals surface area contributed by atoms with Crippen molar-refractivity contribution in [3.05, 3.63) is 63.1 Å². The average molecular weight is 488 g/mol. The molecule has 1 aromatic heterocycles. The van der Waals surface area contributed by atoms with Gasteiger partial charge < -0.3 is 14.8 Å². The summed E-state index contributed by atoms with van der Waals surface area (Å²) in [7, 11) is 0. The molecule has 1 aromatic carbocycles. The Bertz CT molecular complexity index is 835. The van der Waals surface area contributed by atoms with E-state index in [1.165, 1.54) is 18.2 Å². The molecular formula is C19H17Cl3F4N2O2. The number of rotatable bonds is 10. The van der Waals surface area contributed by atoms with Gasteiger partial charge >= 0.3 is 6.18 Å². The molecule has 0 fully saturated rings. The van der Waals surface area contributed by atoms with Crippen LogP contribution in [0.15, 0.2) is 41.0 Å². The van der Waals surface area contributed by atoms with Crippen molar-refractivity contribution in [2.45, 2.75) is 19.1 Å². The van der Waals surface area contributed by atoms with E-state index in [1.807, 2.05) is 0 Å². The summed E-state index contributed by atoms with van der Waals surface area (Å²) in [6.07, 6.45) is -1.72. The second-order valence-electron chi connectivity index (χ2n) is 5.94. The fourth-order valence-electron chi connectivity index (χ4n) is 2.24. The molecule has 0 unspecified atom stereocenters. The van der Waals surface area contributed by atoms with Gasteiger partial charge in [-0.1, -0.05) is 34.8 Å².